The summed E-state index contributed by atoms with van der Waals surface area (Å²) in [5.74, 6) is 0.782. The van der Waals surface area contributed by atoms with Gasteiger partial charge in [0.1, 0.15) is 36.7 Å². The summed E-state index contributed by atoms with van der Waals surface area (Å²) in [5.41, 5.74) is 1.04. The van der Waals surface area contributed by atoms with Crippen molar-refractivity contribution >= 4 is 21.6 Å². The summed E-state index contributed by atoms with van der Waals surface area (Å²) in [6, 6.07) is 0. The smallest absolute Gasteiger partial charge is 0.260 e. The van der Waals surface area contributed by atoms with Crippen molar-refractivity contribution < 1.29 is 9.64 Å². The molecular formula is C15H22N3O2S+. The fraction of sp³-hybridized carbons (Fsp3) is 0.600. The third-order valence-electron chi connectivity index (χ3n) is 4.12. The second-order valence-corrected chi connectivity index (χ2v) is 7.27. The molecule has 0 bridgehead atoms. The van der Waals surface area contributed by atoms with E-state index >= 15 is 0 Å². The Labute approximate surface area is 128 Å². The summed E-state index contributed by atoms with van der Waals surface area (Å²) >= 11 is 1.61. The highest BCUT2D eigenvalue weighted by Crippen LogP contribution is 2.25. The molecule has 3 heterocycles. The summed E-state index contributed by atoms with van der Waals surface area (Å²) in [6.45, 7) is 10.9. The molecule has 21 heavy (non-hydrogen) atoms. The average molecular weight is 308 g/mol. The van der Waals surface area contributed by atoms with E-state index in [1.54, 1.807) is 11.3 Å². The predicted octanol–water partition coefficient (Wildman–Crippen LogP) is 0.794. The lowest BCUT2D eigenvalue weighted by atomic mass is 10.2. The molecule has 6 heteroatoms. The van der Waals surface area contributed by atoms with Crippen LogP contribution < -0.4 is 10.5 Å². The largest absolute Gasteiger partial charge is 0.364 e. The second-order valence-electron chi connectivity index (χ2n) is 6.07. The van der Waals surface area contributed by atoms with E-state index in [1.807, 2.05) is 13.8 Å². The minimum Gasteiger partial charge on any atom is -0.364 e. The van der Waals surface area contributed by atoms with Gasteiger partial charge < -0.3 is 14.6 Å². The lowest BCUT2D eigenvalue weighted by Gasteiger charge is -2.32. The Bertz CT molecular complexity index is 712. The number of morpholine rings is 1. The van der Waals surface area contributed by atoms with E-state index in [0.717, 1.165) is 41.2 Å². The molecule has 0 unspecified atom stereocenters. The van der Waals surface area contributed by atoms with E-state index in [-0.39, 0.29) is 17.8 Å². The van der Waals surface area contributed by atoms with Crippen LogP contribution in [0.5, 0.6) is 0 Å². The van der Waals surface area contributed by atoms with Crippen LogP contribution in [0, 0.1) is 13.8 Å². The number of aromatic amines is 1. The molecule has 0 aliphatic carbocycles. The van der Waals surface area contributed by atoms with E-state index < -0.39 is 0 Å². The Morgan fingerprint density at radius 1 is 1.33 bits per heavy atom. The topological polar surface area (TPSA) is 59.4 Å². The molecule has 0 radical (unpaired) electrons. The summed E-state index contributed by atoms with van der Waals surface area (Å²) in [7, 11) is 0. The van der Waals surface area contributed by atoms with Crippen molar-refractivity contribution in [3.05, 3.63) is 26.6 Å². The molecule has 1 fully saturated rings. The first-order valence-corrected chi connectivity index (χ1v) is 8.23. The van der Waals surface area contributed by atoms with Crippen LogP contribution in [0.25, 0.3) is 10.2 Å². The molecule has 0 saturated carbocycles. The number of quaternary nitrogens is 1. The predicted molar refractivity (Wildman–Crippen MR) is 84.1 cm³/mol. The first-order valence-electron chi connectivity index (χ1n) is 7.42. The van der Waals surface area contributed by atoms with Gasteiger partial charge in [0.25, 0.3) is 5.56 Å². The third-order valence-corrected chi connectivity index (χ3v) is 5.22. The number of aryl methyl sites for hydroxylation is 2. The van der Waals surface area contributed by atoms with Crippen LogP contribution in [-0.2, 0) is 11.3 Å². The fourth-order valence-electron chi connectivity index (χ4n) is 3.15. The van der Waals surface area contributed by atoms with E-state index in [9.17, 15) is 4.79 Å². The summed E-state index contributed by atoms with van der Waals surface area (Å²) in [6.07, 6.45) is 0.510. The van der Waals surface area contributed by atoms with Gasteiger partial charge in [0.2, 0.25) is 0 Å². The van der Waals surface area contributed by atoms with Crippen LogP contribution in [0.3, 0.4) is 0 Å². The zero-order valence-corrected chi connectivity index (χ0v) is 13.8. The van der Waals surface area contributed by atoms with Gasteiger partial charge in [-0.2, -0.15) is 0 Å². The number of hydrogen-bond donors (Lipinski definition) is 2. The van der Waals surface area contributed by atoms with Crippen molar-refractivity contribution in [2.45, 2.75) is 46.4 Å². The van der Waals surface area contributed by atoms with Crippen molar-refractivity contribution in [2.24, 2.45) is 0 Å². The monoisotopic (exact) mass is 308 g/mol. The summed E-state index contributed by atoms with van der Waals surface area (Å²) < 4.78 is 5.76. The Morgan fingerprint density at radius 3 is 2.67 bits per heavy atom. The maximum absolute atomic E-state index is 12.3. The van der Waals surface area contributed by atoms with Gasteiger partial charge in [-0.25, -0.2) is 4.98 Å². The van der Waals surface area contributed by atoms with Crippen LogP contribution in [0.2, 0.25) is 0 Å². The first-order chi connectivity index (χ1) is 9.94. The number of H-pyrrole nitrogens is 1. The van der Waals surface area contributed by atoms with Gasteiger partial charge in [0.05, 0.1) is 5.39 Å². The van der Waals surface area contributed by atoms with E-state index in [1.165, 1.54) is 9.78 Å². The standard InChI is InChI=1S/C15H21N3O2S/c1-8-5-18(6-9(2)20-8)7-12-16-14(19)13-10(3)11(4)21-15(13)17-12/h8-9H,5-7H2,1-4H3,(H,16,17,19)/p+1/t8-,9-/m1/s1. The Kier molecular flexibility index (Phi) is 3.86. The maximum Gasteiger partial charge on any atom is 0.260 e. The molecule has 5 nitrogen and oxygen atoms in total. The number of fused-ring (bicyclic) bond motifs is 1. The minimum atomic E-state index is -0.00870. The van der Waals surface area contributed by atoms with Crippen LogP contribution in [0.15, 0.2) is 4.79 Å². The van der Waals surface area contributed by atoms with Gasteiger partial charge in [-0.1, -0.05) is 0 Å². The normalized spacial score (nSPS) is 26.4. The molecule has 2 aromatic rings. The number of nitrogens with one attached hydrogen (secondary N) is 2. The highest BCUT2D eigenvalue weighted by Gasteiger charge is 2.26. The number of ether oxygens (including phenoxy) is 1. The Morgan fingerprint density at radius 2 is 2.00 bits per heavy atom. The molecule has 2 atom stereocenters. The van der Waals surface area contributed by atoms with Crippen molar-refractivity contribution in [3.8, 4) is 0 Å². The Balaban J connectivity index is 1.89. The highest BCUT2D eigenvalue weighted by molar-refractivity contribution is 7.18. The van der Waals surface area contributed by atoms with Crippen LogP contribution in [-0.4, -0.2) is 35.3 Å². The molecule has 1 aliphatic heterocycles. The lowest BCUT2D eigenvalue weighted by molar-refractivity contribution is -0.928. The van der Waals surface area contributed by atoms with Gasteiger partial charge in [0.15, 0.2) is 5.82 Å². The van der Waals surface area contributed by atoms with Crippen LogP contribution >= 0.6 is 11.3 Å². The molecule has 1 saturated heterocycles. The van der Waals surface area contributed by atoms with E-state index in [0.29, 0.717) is 0 Å². The van der Waals surface area contributed by atoms with Crippen LogP contribution in [0.4, 0.5) is 0 Å². The summed E-state index contributed by atoms with van der Waals surface area (Å²) in [4.78, 5) is 23.3. The Hall–Kier alpha value is -1.24. The highest BCUT2D eigenvalue weighted by atomic mass is 32.1. The first kappa shape index (κ1) is 14.7. The van der Waals surface area contributed by atoms with Gasteiger partial charge in [-0.3, -0.25) is 4.79 Å². The van der Waals surface area contributed by atoms with Gasteiger partial charge >= 0.3 is 0 Å². The van der Waals surface area contributed by atoms with Crippen molar-refractivity contribution in [1.29, 1.82) is 0 Å². The average Bonchev–Trinajstić information content (AvgIpc) is 2.63. The lowest BCUT2D eigenvalue weighted by Crippen LogP contribution is -3.14. The fourth-order valence-corrected chi connectivity index (χ4v) is 4.20. The number of thiophene rings is 1. The molecule has 0 spiro atoms. The minimum absolute atomic E-state index is 0.00870. The van der Waals surface area contributed by atoms with Crippen molar-refractivity contribution in [3.63, 3.8) is 0 Å². The van der Waals surface area contributed by atoms with Crippen molar-refractivity contribution in [1.82, 2.24) is 9.97 Å². The molecular weight excluding hydrogens is 286 g/mol. The zero-order valence-electron chi connectivity index (χ0n) is 12.9. The van der Waals surface area contributed by atoms with Gasteiger partial charge in [-0.15, -0.1) is 11.3 Å². The number of hydrogen-bond acceptors (Lipinski definition) is 4. The summed E-state index contributed by atoms with van der Waals surface area (Å²) in [5, 5.41) is 0.750. The molecule has 114 valence electrons. The number of aromatic nitrogens is 2. The van der Waals surface area contributed by atoms with E-state index in [4.69, 9.17) is 4.74 Å². The molecule has 3 rings (SSSR count). The second kappa shape index (κ2) is 5.51. The third kappa shape index (κ3) is 2.88. The molecule has 2 aromatic heterocycles. The SMILES string of the molecule is Cc1sc2nc(C[NH+]3C[C@@H](C)O[C@H](C)C3)[nH]c(=O)c2c1C. The number of nitrogens with zero attached hydrogens (tertiary/aromatic N) is 1. The van der Waals surface area contributed by atoms with Crippen molar-refractivity contribution in [2.75, 3.05) is 13.1 Å². The van der Waals surface area contributed by atoms with Gasteiger partial charge in [0, 0.05) is 4.88 Å². The molecule has 2 N–H and O–H groups in total. The van der Waals surface area contributed by atoms with Gasteiger partial charge in [-0.05, 0) is 33.3 Å². The quantitative estimate of drug-likeness (QED) is 0.862. The number of rotatable bonds is 2. The molecule has 0 aromatic carbocycles. The zero-order chi connectivity index (χ0) is 15.1. The molecule has 1 aliphatic rings. The van der Waals surface area contributed by atoms with Crippen LogP contribution in [0.1, 0.15) is 30.1 Å². The molecule has 0 amide bonds. The maximum atomic E-state index is 12.3. The van der Waals surface area contributed by atoms with E-state index in [2.05, 4.69) is 23.8 Å².